The van der Waals surface area contributed by atoms with Gasteiger partial charge in [0, 0.05) is 32.0 Å². The van der Waals surface area contributed by atoms with E-state index in [1.807, 2.05) is 0 Å². The quantitative estimate of drug-likeness (QED) is 0.670. The molecule has 0 unspecified atom stereocenters. The van der Waals surface area contributed by atoms with E-state index in [1.54, 1.807) is 36.7 Å². The molecule has 1 aromatic heterocycles. The number of benzene rings is 1. The average molecular weight is 399 g/mol. The van der Waals surface area contributed by atoms with Crippen molar-refractivity contribution >= 4 is 20.0 Å². The molecular weight excluding hydrogens is 378 g/mol. The third-order valence-corrected chi connectivity index (χ3v) is 6.33. The van der Waals surface area contributed by atoms with E-state index in [9.17, 15) is 16.8 Å². The first-order valence-corrected chi connectivity index (χ1v) is 11.0. The third kappa shape index (κ3) is 5.77. The average Bonchev–Trinajstić information content (AvgIpc) is 2.61. The van der Waals surface area contributed by atoms with Crippen LogP contribution in [0, 0.1) is 0 Å². The van der Waals surface area contributed by atoms with Crippen molar-refractivity contribution in [1.82, 2.24) is 14.0 Å². The van der Waals surface area contributed by atoms with Crippen LogP contribution in [0.4, 0.5) is 0 Å². The molecule has 0 saturated carbocycles. The summed E-state index contributed by atoms with van der Waals surface area (Å²) in [5.74, 6) is 0.546. The van der Waals surface area contributed by atoms with E-state index in [2.05, 4.69) is 9.71 Å². The number of pyridine rings is 1. The number of nitrogens with one attached hydrogen (secondary N) is 1. The largest absolute Gasteiger partial charge is 0.497 e. The lowest BCUT2D eigenvalue weighted by atomic mass is 10.3. The second-order valence-electron chi connectivity index (χ2n) is 5.53. The molecule has 2 aromatic rings. The highest BCUT2D eigenvalue weighted by molar-refractivity contribution is 7.89. The Morgan fingerprint density at radius 1 is 1.04 bits per heavy atom. The molecule has 1 heterocycles. The Morgan fingerprint density at radius 2 is 1.65 bits per heavy atom. The van der Waals surface area contributed by atoms with Crippen molar-refractivity contribution in [2.24, 2.45) is 0 Å². The van der Waals surface area contributed by atoms with E-state index in [4.69, 9.17) is 4.74 Å². The SMILES string of the molecule is COc1ccc(S(=O)(=O)NCCN(Cc2ccncc2)S(C)(=O)=O)cc1. The highest BCUT2D eigenvalue weighted by Gasteiger charge is 2.19. The van der Waals surface area contributed by atoms with Crippen LogP contribution in [0.15, 0.2) is 53.7 Å². The summed E-state index contributed by atoms with van der Waals surface area (Å²) in [6.07, 6.45) is 4.23. The van der Waals surface area contributed by atoms with E-state index in [1.165, 1.54) is 23.5 Å². The maximum atomic E-state index is 12.3. The summed E-state index contributed by atoms with van der Waals surface area (Å²) < 4.78 is 57.1. The Morgan fingerprint density at radius 3 is 2.19 bits per heavy atom. The molecule has 10 heteroatoms. The zero-order valence-electron chi connectivity index (χ0n) is 14.5. The normalized spacial score (nSPS) is 12.3. The summed E-state index contributed by atoms with van der Waals surface area (Å²) in [4.78, 5) is 3.97. The van der Waals surface area contributed by atoms with Gasteiger partial charge in [-0.2, -0.15) is 4.31 Å². The first kappa shape index (κ1) is 20.3. The molecule has 0 saturated heterocycles. The summed E-state index contributed by atoms with van der Waals surface area (Å²) in [6.45, 7) is 0.106. The fourth-order valence-corrected chi connectivity index (χ4v) is 4.02. The standard InChI is InChI=1S/C16H21N3O5S2/c1-24-15-3-5-16(6-4-15)26(22,23)18-11-12-19(25(2,20)21)13-14-7-9-17-10-8-14/h3-10,18H,11-13H2,1-2H3. The molecule has 1 aromatic carbocycles. The van der Waals surface area contributed by atoms with Gasteiger partial charge in [-0.1, -0.05) is 0 Å². The van der Waals surface area contributed by atoms with Crippen LogP contribution in [-0.2, 0) is 26.6 Å². The fraction of sp³-hybridized carbons (Fsp3) is 0.312. The molecule has 26 heavy (non-hydrogen) atoms. The van der Waals surface area contributed by atoms with Crippen molar-refractivity contribution in [3.05, 3.63) is 54.4 Å². The number of hydrogen-bond acceptors (Lipinski definition) is 6. The Hall–Kier alpha value is -2.01. The predicted molar refractivity (Wildman–Crippen MR) is 97.7 cm³/mol. The molecule has 0 aliphatic rings. The highest BCUT2D eigenvalue weighted by Crippen LogP contribution is 2.15. The lowest BCUT2D eigenvalue weighted by Crippen LogP contribution is -2.37. The van der Waals surface area contributed by atoms with E-state index in [0.717, 1.165) is 11.8 Å². The van der Waals surface area contributed by atoms with E-state index in [0.29, 0.717) is 5.75 Å². The minimum atomic E-state index is -3.74. The van der Waals surface area contributed by atoms with Gasteiger partial charge >= 0.3 is 0 Å². The maximum Gasteiger partial charge on any atom is 0.240 e. The molecule has 142 valence electrons. The van der Waals surface area contributed by atoms with Crippen LogP contribution >= 0.6 is 0 Å². The lowest BCUT2D eigenvalue weighted by molar-refractivity contribution is 0.411. The first-order valence-electron chi connectivity index (χ1n) is 7.70. The van der Waals surface area contributed by atoms with E-state index >= 15 is 0 Å². The topological polar surface area (TPSA) is 106 Å². The van der Waals surface area contributed by atoms with Gasteiger partial charge in [0.15, 0.2) is 0 Å². The van der Waals surface area contributed by atoms with Crippen molar-refractivity contribution in [2.45, 2.75) is 11.4 Å². The molecule has 8 nitrogen and oxygen atoms in total. The molecule has 0 fully saturated rings. The zero-order chi connectivity index (χ0) is 19.2. The Labute approximate surface area is 153 Å². The number of methoxy groups -OCH3 is 1. The highest BCUT2D eigenvalue weighted by atomic mass is 32.2. The van der Waals surface area contributed by atoms with Crippen molar-refractivity contribution < 1.29 is 21.6 Å². The summed E-state index contributed by atoms with van der Waals surface area (Å²) in [7, 11) is -5.74. The third-order valence-electron chi connectivity index (χ3n) is 3.60. The minimum Gasteiger partial charge on any atom is -0.497 e. The minimum absolute atomic E-state index is 0.0105. The lowest BCUT2D eigenvalue weighted by Gasteiger charge is -2.20. The Bertz CT molecular complexity index is 914. The van der Waals surface area contributed by atoms with Gasteiger partial charge in [-0.15, -0.1) is 0 Å². The van der Waals surface area contributed by atoms with Crippen molar-refractivity contribution in [3.8, 4) is 5.75 Å². The van der Waals surface area contributed by atoms with Crippen LogP contribution in [0.1, 0.15) is 5.56 Å². The first-order chi connectivity index (χ1) is 12.2. The Kier molecular flexibility index (Phi) is 6.70. The smallest absolute Gasteiger partial charge is 0.240 e. The number of nitrogens with zero attached hydrogens (tertiary/aromatic N) is 2. The van der Waals surface area contributed by atoms with E-state index < -0.39 is 20.0 Å². The molecule has 0 radical (unpaired) electrons. The van der Waals surface area contributed by atoms with Gasteiger partial charge in [-0.25, -0.2) is 21.6 Å². The summed E-state index contributed by atoms with van der Waals surface area (Å²) in [5, 5.41) is 0. The van der Waals surface area contributed by atoms with Crippen molar-refractivity contribution in [2.75, 3.05) is 26.5 Å². The van der Waals surface area contributed by atoms with Gasteiger partial charge in [0.1, 0.15) is 5.75 Å². The van der Waals surface area contributed by atoms with Crippen LogP contribution in [0.2, 0.25) is 0 Å². The Balaban J connectivity index is 2.01. The zero-order valence-corrected chi connectivity index (χ0v) is 16.1. The number of ether oxygens (including phenoxy) is 1. The van der Waals surface area contributed by atoms with Crippen LogP contribution < -0.4 is 9.46 Å². The van der Waals surface area contributed by atoms with Gasteiger partial charge in [0.25, 0.3) is 0 Å². The number of sulfonamides is 2. The number of aromatic nitrogens is 1. The van der Waals surface area contributed by atoms with Crippen LogP contribution in [0.3, 0.4) is 0 Å². The van der Waals surface area contributed by atoms with Crippen LogP contribution in [0.5, 0.6) is 5.75 Å². The molecule has 0 atom stereocenters. The van der Waals surface area contributed by atoms with Gasteiger partial charge in [0.2, 0.25) is 20.0 Å². The van der Waals surface area contributed by atoms with Gasteiger partial charge in [0.05, 0.1) is 18.3 Å². The molecule has 0 bridgehead atoms. The van der Waals surface area contributed by atoms with Gasteiger partial charge in [-0.3, -0.25) is 4.98 Å². The maximum absolute atomic E-state index is 12.3. The molecule has 2 rings (SSSR count). The molecule has 0 aliphatic heterocycles. The summed E-state index contributed by atoms with van der Waals surface area (Å²) in [6, 6.07) is 9.35. The van der Waals surface area contributed by atoms with Gasteiger partial charge < -0.3 is 4.74 Å². The van der Waals surface area contributed by atoms with Crippen LogP contribution in [0.25, 0.3) is 0 Å². The second-order valence-corrected chi connectivity index (χ2v) is 9.27. The van der Waals surface area contributed by atoms with Crippen LogP contribution in [-0.4, -0.2) is 52.6 Å². The monoisotopic (exact) mass is 399 g/mol. The van der Waals surface area contributed by atoms with Gasteiger partial charge in [-0.05, 0) is 42.0 Å². The summed E-state index contributed by atoms with van der Waals surface area (Å²) in [5.41, 5.74) is 0.767. The molecule has 1 N–H and O–H groups in total. The predicted octanol–water partition coefficient (Wildman–Crippen LogP) is 0.830. The van der Waals surface area contributed by atoms with E-state index in [-0.39, 0.29) is 24.5 Å². The molecule has 0 spiro atoms. The number of rotatable bonds is 9. The van der Waals surface area contributed by atoms with Crippen molar-refractivity contribution in [3.63, 3.8) is 0 Å². The second kappa shape index (κ2) is 8.58. The number of hydrogen-bond donors (Lipinski definition) is 1. The fourth-order valence-electron chi connectivity index (χ4n) is 2.20. The molecule has 0 aliphatic carbocycles. The molecular formula is C16H21N3O5S2. The van der Waals surface area contributed by atoms with Crippen molar-refractivity contribution in [1.29, 1.82) is 0 Å². The summed E-state index contributed by atoms with van der Waals surface area (Å²) >= 11 is 0. The molecule has 0 amide bonds.